The average molecular weight is 470 g/mol. The fourth-order valence-corrected chi connectivity index (χ4v) is 5.33. The van der Waals surface area contributed by atoms with Gasteiger partial charge in [-0.25, -0.2) is 0 Å². The van der Waals surface area contributed by atoms with E-state index in [0.29, 0.717) is 18.8 Å². The molecule has 1 aliphatic rings. The number of amides is 1. The van der Waals surface area contributed by atoms with Crippen LogP contribution in [0.4, 0.5) is 0 Å². The molecular weight excluding hydrogens is 438 g/mol. The molecular formula is C22H32BrNO3S. The lowest BCUT2D eigenvalue weighted by Crippen LogP contribution is -2.17. The van der Waals surface area contributed by atoms with Gasteiger partial charge in [-0.2, -0.15) is 0 Å². The highest BCUT2D eigenvalue weighted by Gasteiger charge is 2.32. The predicted octanol–water partition coefficient (Wildman–Crippen LogP) is 4.66. The molecule has 156 valence electrons. The minimum Gasteiger partial charge on any atom is -0.393 e. The van der Waals surface area contributed by atoms with Crippen LogP contribution in [0.2, 0.25) is 0 Å². The first-order chi connectivity index (χ1) is 13.4. The number of hydrogen-bond donors (Lipinski definition) is 3. The Morgan fingerprint density at radius 2 is 2.21 bits per heavy atom. The molecule has 6 heteroatoms. The minimum atomic E-state index is -0.455. The van der Waals surface area contributed by atoms with E-state index < -0.39 is 6.10 Å². The zero-order valence-corrected chi connectivity index (χ0v) is 18.9. The lowest BCUT2D eigenvalue weighted by Gasteiger charge is -2.18. The zero-order valence-electron chi connectivity index (χ0n) is 16.5. The lowest BCUT2D eigenvalue weighted by molar-refractivity contribution is -0.118. The van der Waals surface area contributed by atoms with Gasteiger partial charge in [0.1, 0.15) is 0 Å². The number of carbonyl (C=O) groups excluding carboxylic acids is 1. The van der Waals surface area contributed by atoms with Gasteiger partial charge in [-0.15, -0.1) is 11.3 Å². The molecule has 2 unspecified atom stereocenters. The van der Waals surface area contributed by atoms with Crippen molar-refractivity contribution < 1.29 is 15.0 Å². The Bertz CT molecular complexity index is 666. The number of unbranched alkanes of at least 4 members (excludes halogenated alkanes) is 1. The Hall–Kier alpha value is -0.950. The molecule has 1 heterocycles. The number of aliphatic hydroxyl groups is 2. The molecule has 0 aliphatic heterocycles. The van der Waals surface area contributed by atoms with E-state index >= 15 is 0 Å². The van der Waals surface area contributed by atoms with Gasteiger partial charge >= 0.3 is 0 Å². The molecule has 28 heavy (non-hydrogen) atoms. The first-order valence-corrected chi connectivity index (χ1v) is 11.7. The number of halogens is 1. The highest BCUT2D eigenvalue weighted by atomic mass is 79.9. The molecule has 0 saturated heterocycles. The van der Waals surface area contributed by atoms with Gasteiger partial charge in [-0.05, 0) is 85.7 Å². The lowest BCUT2D eigenvalue weighted by atomic mass is 9.90. The van der Waals surface area contributed by atoms with Gasteiger partial charge in [0.2, 0.25) is 5.91 Å². The van der Waals surface area contributed by atoms with Crippen LogP contribution in [0.15, 0.2) is 34.8 Å². The maximum absolute atomic E-state index is 10.7. The average Bonchev–Trinajstić information content (AvgIpc) is 3.16. The summed E-state index contributed by atoms with van der Waals surface area (Å²) in [7, 11) is 0. The van der Waals surface area contributed by atoms with Gasteiger partial charge in [0.05, 0.1) is 12.2 Å². The van der Waals surface area contributed by atoms with Gasteiger partial charge in [0.15, 0.2) is 0 Å². The Balaban J connectivity index is 1.76. The molecule has 1 saturated carbocycles. The molecule has 2 rings (SSSR count). The number of aryl methyl sites for hydroxylation is 2. The minimum absolute atomic E-state index is 0.201. The van der Waals surface area contributed by atoms with Gasteiger partial charge in [0.25, 0.3) is 0 Å². The molecule has 0 radical (unpaired) electrons. The van der Waals surface area contributed by atoms with Crippen LogP contribution in [0.3, 0.4) is 0 Å². The van der Waals surface area contributed by atoms with E-state index in [4.69, 9.17) is 5.73 Å². The summed E-state index contributed by atoms with van der Waals surface area (Å²) in [6.45, 7) is 2.09. The molecule has 1 aromatic heterocycles. The largest absolute Gasteiger partial charge is 0.393 e. The summed E-state index contributed by atoms with van der Waals surface area (Å²) in [4.78, 5) is 13.3. The smallest absolute Gasteiger partial charge is 0.217 e. The Morgan fingerprint density at radius 1 is 1.43 bits per heavy atom. The number of aliphatic hydroxyl groups excluding tert-OH is 2. The third kappa shape index (κ3) is 7.82. The van der Waals surface area contributed by atoms with Crippen LogP contribution in [0.1, 0.15) is 54.7 Å². The van der Waals surface area contributed by atoms with Crippen LogP contribution in [-0.4, -0.2) is 28.3 Å². The van der Waals surface area contributed by atoms with E-state index in [1.54, 1.807) is 11.3 Å². The van der Waals surface area contributed by atoms with Crippen molar-refractivity contribution in [2.45, 2.75) is 70.5 Å². The predicted molar refractivity (Wildman–Crippen MR) is 119 cm³/mol. The van der Waals surface area contributed by atoms with Crippen LogP contribution in [0.5, 0.6) is 0 Å². The summed E-state index contributed by atoms with van der Waals surface area (Å²) in [5.41, 5.74) is 5.14. The van der Waals surface area contributed by atoms with Crippen molar-refractivity contribution >= 4 is 33.2 Å². The molecule has 0 bridgehead atoms. The van der Waals surface area contributed by atoms with Crippen molar-refractivity contribution in [2.75, 3.05) is 0 Å². The first-order valence-electron chi connectivity index (χ1n) is 10.1. The summed E-state index contributed by atoms with van der Waals surface area (Å²) in [5.74, 6) is 0.245. The highest BCUT2D eigenvalue weighted by Crippen LogP contribution is 2.36. The number of nitrogens with two attached hydrogens (primary N) is 1. The quantitative estimate of drug-likeness (QED) is 0.325. The third-order valence-corrected chi connectivity index (χ3v) is 7.58. The maximum Gasteiger partial charge on any atom is 0.217 e. The van der Waals surface area contributed by atoms with E-state index in [-0.39, 0.29) is 17.9 Å². The topological polar surface area (TPSA) is 83.6 Å². The van der Waals surface area contributed by atoms with Crippen molar-refractivity contribution in [3.63, 3.8) is 0 Å². The van der Waals surface area contributed by atoms with Crippen molar-refractivity contribution in [1.29, 1.82) is 0 Å². The fraction of sp³-hybridized carbons (Fsp3) is 0.591. The number of carbonyl (C=O) groups is 1. The van der Waals surface area contributed by atoms with Gasteiger partial charge in [-0.3, -0.25) is 4.79 Å². The van der Waals surface area contributed by atoms with E-state index in [1.807, 2.05) is 6.08 Å². The summed E-state index contributed by atoms with van der Waals surface area (Å²) in [6, 6.07) is 2.13. The second-order valence-corrected chi connectivity index (χ2v) is 9.84. The van der Waals surface area contributed by atoms with Crippen LogP contribution >= 0.6 is 27.3 Å². The SMILES string of the molecule is Cc1sc(CCC(O)C=C[C@H]2CCC(O)[C@@H]2CC=CCCCC(N)=O)cc1Br. The number of primary amides is 1. The first kappa shape index (κ1) is 23.3. The molecule has 4 atom stereocenters. The van der Waals surface area contributed by atoms with Crippen LogP contribution in [0.25, 0.3) is 0 Å². The van der Waals surface area contributed by atoms with Crippen LogP contribution in [-0.2, 0) is 11.2 Å². The summed E-state index contributed by atoms with van der Waals surface area (Å²) >= 11 is 5.30. The molecule has 4 nitrogen and oxygen atoms in total. The van der Waals surface area contributed by atoms with Crippen LogP contribution < -0.4 is 5.73 Å². The number of rotatable bonds is 11. The normalized spacial score (nSPS) is 23.8. The van der Waals surface area contributed by atoms with Gasteiger partial charge in [0, 0.05) is 20.6 Å². The highest BCUT2D eigenvalue weighted by molar-refractivity contribution is 9.10. The molecule has 1 fully saturated rings. The second kappa shape index (κ2) is 11.9. The van der Waals surface area contributed by atoms with E-state index in [9.17, 15) is 15.0 Å². The second-order valence-electron chi connectivity index (χ2n) is 7.65. The third-order valence-electron chi connectivity index (χ3n) is 5.38. The molecule has 1 aliphatic carbocycles. The molecule has 1 aromatic rings. The summed E-state index contributed by atoms with van der Waals surface area (Å²) in [5, 5.41) is 20.6. The van der Waals surface area contributed by atoms with E-state index in [0.717, 1.165) is 43.0 Å². The maximum atomic E-state index is 10.7. The van der Waals surface area contributed by atoms with Crippen molar-refractivity contribution in [2.24, 2.45) is 17.6 Å². The number of thiophene rings is 1. The monoisotopic (exact) mass is 469 g/mol. The number of hydrogen-bond acceptors (Lipinski definition) is 4. The van der Waals surface area contributed by atoms with Crippen molar-refractivity contribution in [3.05, 3.63) is 44.6 Å². The zero-order chi connectivity index (χ0) is 20.5. The summed E-state index contributed by atoms with van der Waals surface area (Å²) < 4.78 is 1.14. The molecule has 4 N–H and O–H groups in total. The van der Waals surface area contributed by atoms with Crippen LogP contribution in [0, 0.1) is 18.8 Å². The molecule has 0 spiro atoms. The molecule has 0 aromatic carbocycles. The van der Waals surface area contributed by atoms with Crippen molar-refractivity contribution in [1.82, 2.24) is 0 Å². The Labute approximate surface area is 180 Å². The Kier molecular flexibility index (Phi) is 9.92. The number of allylic oxidation sites excluding steroid dienone is 3. The van der Waals surface area contributed by atoms with E-state index in [1.165, 1.54) is 9.75 Å². The van der Waals surface area contributed by atoms with E-state index in [2.05, 4.69) is 47.1 Å². The standard InChI is InChI=1S/C22H32BrNO3S/c1-15-20(23)14-18(28-15)12-11-17(25)10-8-16-9-13-21(26)19(16)6-4-2-3-5-7-22(24)27/h2,4,8,10,14,16-17,19,21,25-26H,3,5-7,9,11-13H2,1H3,(H2,24,27)/t16-,17?,19+,21?/m0/s1. The summed E-state index contributed by atoms with van der Waals surface area (Å²) in [6.07, 6.45) is 13.7. The Morgan fingerprint density at radius 3 is 2.89 bits per heavy atom. The molecule has 1 amide bonds. The van der Waals surface area contributed by atoms with Crippen molar-refractivity contribution in [3.8, 4) is 0 Å². The van der Waals surface area contributed by atoms with Gasteiger partial charge < -0.3 is 15.9 Å². The van der Waals surface area contributed by atoms with Gasteiger partial charge in [-0.1, -0.05) is 24.3 Å². The fourth-order valence-electron chi connectivity index (χ4n) is 3.71.